The first-order valence-corrected chi connectivity index (χ1v) is 8.05. The van der Waals surface area contributed by atoms with Crippen molar-refractivity contribution in [3.8, 4) is 0 Å². The maximum atomic E-state index is 14.5. The highest BCUT2D eigenvalue weighted by Gasteiger charge is 2.50. The summed E-state index contributed by atoms with van der Waals surface area (Å²) in [5.41, 5.74) is 4.55. The molecule has 2 aliphatic heterocycles. The van der Waals surface area contributed by atoms with Gasteiger partial charge in [0.1, 0.15) is 12.5 Å². The van der Waals surface area contributed by atoms with Gasteiger partial charge in [0.25, 0.3) is 5.69 Å². The Labute approximate surface area is 135 Å². The van der Waals surface area contributed by atoms with Gasteiger partial charge in [0, 0.05) is 35.8 Å². The van der Waals surface area contributed by atoms with Crippen LogP contribution in [0, 0.1) is 21.8 Å². The van der Waals surface area contributed by atoms with Crippen molar-refractivity contribution < 1.29 is 18.4 Å². The minimum absolute atomic E-state index is 0.0849. The molecule has 0 amide bonds. The van der Waals surface area contributed by atoms with Crippen LogP contribution in [0.25, 0.3) is 0 Å². The molecule has 3 atom stereocenters. The quantitative estimate of drug-likeness (QED) is 0.672. The Balaban J connectivity index is 2.16. The number of aliphatic imine (C=N–C) groups is 1. The Morgan fingerprint density at radius 2 is 2.35 bits per heavy atom. The molecule has 0 unspecified atom stereocenters. The lowest BCUT2D eigenvalue weighted by molar-refractivity contribution is -0.385. The standard InChI is InChI=1S/C14H15F2N3O3S/c15-5-10-4-14(8(6-22-10)7-23-13(17)18-14)11-3-9(19(20)21)1-2-12(11)16/h1-3,8,10H,4-7H2,(H2,17,18)/t8-,10+,14-/m0/s1. The van der Waals surface area contributed by atoms with E-state index in [0.29, 0.717) is 5.75 Å². The lowest BCUT2D eigenvalue weighted by atomic mass is 9.73. The van der Waals surface area contributed by atoms with Gasteiger partial charge in [-0.1, -0.05) is 11.8 Å². The van der Waals surface area contributed by atoms with Crippen molar-refractivity contribution in [1.29, 1.82) is 0 Å². The van der Waals surface area contributed by atoms with Crippen LogP contribution in [0.4, 0.5) is 14.5 Å². The van der Waals surface area contributed by atoms with E-state index in [2.05, 4.69) is 4.99 Å². The Bertz CT molecular complexity index is 673. The van der Waals surface area contributed by atoms with Crippen LogP contribution in [0.15, 0.2) is 23.2 Å². The number of non-ortho nitro benzene ring substituents is 1. The van der Waals surface area contributed by atoms with Gasteiger partial charge >= 0.3 is 0 Å². The van der Waals surface area contributed by atoms with Crippen molar-refractivity contribution in [2.45, 2.75) is 18.1 Å². The molecule has 0 spiro atoms. The number of amidine groups is 1. The Morgan fingerprint density at radius 3 is 3.04 bits per heavy atom. The summed E-state index contributed by atoms with van der Waals surface area (Å²) in [6, 6.07) is 3.32. The highest BCUT2D eigenvalue weighted by molar-refractivity contribution is 8.13. The highest BCUT2D eigenvalue weighted by atomic mass is 32.2. The molecule has 3 rings (SSSR count). The number of halogens is 2. The number of alkyl halides is 1. The lowest BCUT2D eigenvalue weighted by Gasteiger charge is -2.46. The second kappa shape index (κ2) is 6.04. The van der Waals surface area contributed by atoms with Crippen molar-refractivity contribution in [3.63, 3.8) is 0 Å². The van der Waals surface area contributed by atoms with Gasteiger partial charge in [-0.2, -0.15) is 0 Å². The molecule has 0 aliphatic carbocycles. The molecule has 2 heterocycles. The molecule has 0 aromatic heterocycles. The predicted octanol–water partition coefficient (Wildman–Crippen LogP) is 2.37. The van der Waals surface area contributed by atoms with Crippen LogP contribution in [0.3, 0.4) is 0 Å². The summed E-state index contributed by atoms with van der Waals surface area (Å²) in [5.74, 6) is -0.293. The topological polar surface area (TPSA) is 90.8 Å². The monoisotopic (exact) mass is 343 g/mol. The van der Waals surface area contributed by atoms with E-state index in [0.717, 1.165) is 12.1 Å². The predicted molar refractivity (Wildman–Crippen MR) is 82.6 cm³/mol. The normalized spacial score (nSPS) is 30.4. The van der Waals surface area contributed by atoms with Gasteiger partial charge in [-0.25, -0.2) is 8.78 Å². The third kappa shape index (κ3) is 2.78. The summed E-state index contributed by atoms with van der Waals surface area (Å²) in [6.07, 6.45) is -0.627. The van der Waals surface area contributed by atoms with E-state index in [1.54, 1.807) is 0 Å². The van der Waals surface area contributed by atoms with Gasteiger partial charge in [-0.05, 0) is 6.07 Å². The van der Waals surface area contributed by atoms with Crippen LogP contribution in [-0.4, -0.2) is 35.2 Å². The second-order valence-electron chi connectivity index (χ2n) is 5.62. The average Bonchev–Trinajstić information content (AvgIpc) is 2.53. The van der Waals surface area contributed by atoms with Crippen LogP contribution in [0.1, 0.15) is 12.0 Å². The zero-order valence-corrected chi connectivity index (χ0v) is 12.9. The molecule has 1 saturated heterocycles. The molecular formula is C14H15F2N3O3S. The van der Waals surface area contributed by atoms with Gasteiger partial charge in [-0.15, -0.1) is 0 Å². The van der Waals surface area contributed by atoms with Crippen molar-refractivity contribution in [1.82, 2.24) is 0 Å². The van der Waals surface area contributed by atoms with Crippen LogP contribution >= 0.6 is 11.8 Å². The molecule has 1 aromatic carbocycles. The van der Waals surface area contributed by atoms with Crippen molar-refractivity contribution >= 4 is 22.6 Å². The lowest BCUT2D eigenvalue weighted by Crippen LogP contribution is -2.50. The fourth-order valence-corrected chi connectivity index (χ4v) is 4.12. The number of nitrogens with two attached hydrogens (primary N) is 1. The zero-order chi connectivity index (χ0) is 16.6. The highest BCUT2D eigenvalue weighted by Crippen LogP contribution is 2.48. The number of hydrogen-bond donors (Lipinski definition) is 1. The first-order chi connectivity index (χ1) is 11.0. The minimum Gasteiger partial charge on any atom is -0.379 e. The number of nitro benzene ring substituents is 1. The summed E-state index contributed by atoms with van der Waals surface area (Å²) in [5, 5.41) is 11.3. The first-order valence-electron chi connectivity index (χ1n) is 7.06. The molecule has 6 nitrogen and oxygen atoms in total. The van der Waals surface area contributed by atoms with E-state index in [9.17, 15) is 18.9 Å². The van der Waals surface area contributed by atoms with Gasteiger partial charge in [0.2, 0.25) is 0 Å². The summed E-state index contributed by atoms with van der Waals surface area (Å²) in [7, 11) is 0. The van der Waals surface area contributed by atoms with Crippen LogP contribution in [0.2, 0.25) is 0 Å². The molecule has 23 heavy (non-hydrogen) atoms. The van der Waals surface area contributed by atoms with E-state index in [1.165, 1.54) is 17.8 Å². The van der Waals surface area contributed by atoms with Crippen LogP contribution in [-0.2, 0) is 10.3 Å². The SMILES string of the molecule is NC1=N[C@@]2(c3cc([N+](=O)[O-])ccc3F)C[C@H](CF)OC[C@H]2CS1. The third-order valence-corrected chi connectivity index (χ3v) is 5.24. The molecular weight excluding hydrogens is 328 g/mol. The number of hydrogen-bond acceptors (Lipinski definition) is 6. The zero-order valence-electron chi connectivity index (χ0n) is 12.1. The second-order valence-corrected chi connectivity index (χ2v) is 6.66. The fourth-order valence-electron chi connectivity index (χ4n) is 3.15. The molecule has 9 heteroatoms. The van der Waals surface area contributed by atoms with Gasteiger partial charge in [0.15, 0.2) is 5.17 Å². The molecule has 1 aromatic rings. The van der Waals surface area contributed by atoms with Gasteiger partial charge in [0.05, 0.1) is 23.2 Å². The first kappa shape index (κ1) is 16.1. The van der Waals surface area contributed by atoms with E-state index in [4.69, 9.17) is 10.5 Å². The van der Waals surface area contributed by atoms with Crippen molar-refractivity contribution in [3.05, 3.63) is 39.7 Å². The third-order valence-electron chi connectivity index (χ3n) is 4.29. The maximum absolute atomic E-state index is 14.5. The smallest absolute Gasteiger partial charge is 0.270 e. The molecule has 2 aliphatic rings. The van der Waals surface area contributed by atoms with Crippen LogP contribution in [0.5, 0.6) is 0 Å². The Morgan fingerprint density at radius 1 is 1.57 bits per heavy atom. The molecule has 124 valence electrons. The Hall–Kier alpha value is -1.74. The van der Waals surface area contributed by atoms with E-state index in [-0.39, 0.29) is 35.4 Å². The largest absolute Gasteiger partial charge is 0.379 e. The average molecular weight is 343 g/mol. The number of nitrogens with zero attached hydrogens (tertiary/aromatic N) is 2. The number of ether oxygens (including phenoxy) is 1. The number of benzene rings is 1. The van der Waals surface area contributed by atoms with Gasteiger partial charge < -0.3 is 10.5 Å². The van der Waals surface area contributed by atoms with Gasteiger partial charge in [-0.3, -0.25) is 15.1 Å². The van der Waals surface area contributed by atoms with E-state index in [1.807, 2.05) is 0 Å². The summed E-state index contributed by atoms with van der Waals surface area (Å²) >= 11 is 1.32. The molecule has 0 radical (unpaired) electrons. The van der Waals surface area contributed by atoms with E-state index < -0.39 is 29.1 Å². The molecule has 2 N–H and O–H groups in total. The van der Waals surface area contributed by atoms with Crippen molar-refractivity contribution in [2.24, 2.45) is 16.6 Å². The molecule has 1 fully saturated rings. The van der Waals surface area contributed by atoms with Crippen LogP contribution < -0.4 is 5.73 Å². The van der Waals surface area contributed by atoms with E-state index >= 15 is 0 Å². The molecule has 0 bridgehead atoms. The number of nitro groups is 1. The number of rotatable bonds is 3. The summed E-state index contributed by atoms with van der Waals surface area (Å²) in [4.78, 5) is 14.8. The Kier molecular flexibility index (Phi) is 4.24. The summed E-state index contributed by atoms with van der Waals surface area (Å²) < 4.78 is 33.0. The molecule has 0 saturated carbocycles. The number of fused-ring (bicyclic) bond motifs is 1. The summed E-state index contributed by atoms with van der Waals surface area (Å²) in [6.45, 7) is -0.520. The minimum atomic E-state index is -1.12. The maximum Gasteiger partial charge on any atom is 0.270 e. The van der Waals surface area contributed by atoms with Crippen molar-refractivity contribution in [2.75, 3.05) is 19.0 Å². The fraction of sp³-hybridized carbons (Fsp3) is 0.500. The number of thioether (sulfide) groups is 1.